The quantitative estimate of drug-likeness (QED) is 0.833. The second-order valence-corrected chi connectivity index (χ2v) is 5.24. The predicted molar refractivity (Wildman–Crippen MR) is 80.3 cm³/mol. The molecule has 1 aromatic carbocycles. The van der Waals surface area contributed by atoms with Gasteiger partial charge in [0.1, 0.15) is 5.82 Å². The smallest absolute Gasteiger partial charge is 0.174 e. The summed E-state index contributed by atoms with van der Waals surface area (Å²) in [6, 6.07) is 9.43. The Morgan fingerprint density at radius 1 is 1.40 bits per heavy atom. The first kappa shape index (κ1) is 12.9. The number of aromatic nitrogens is 1. The molecule has 1 aliphatic heterocycles. The molecule has 3 rings (SSSR count). The molecule has 0 aliphatic carbocycles. The highest BCUT2D eigenvalue weighted by Gasteiger charge is 2.28. The first-order valence-electron chi connectivity index (χ1n) is 6.45. The molecule has 3 N–H and O–H groups in total. The Kier molecular flexibility index (Phi) is 3.32. The molecule has 0 bridgehead atoms. The molecule has 0 saturated carbocycles. The Hall–Kier alpha value is -2.07. The van der Waals surface area contributed by atoms with Gasteiger partial charge in [-0.1, -0.05) is 29.8 Å². The fourth-order valence-electron chi connectivity index (χ4n) is 2.58. The molecular formula is C15H14ClN3O. The van der Waals surface area contributed by atoms with E-state index in [0.29, 0.717) is 10.6 Å². The van der Waals surface area contributed by atoms with Crippen molar-refractivity contribution in [3.63, 3.8) is 0 Å². The van der Waals surface area contributed by atoms with E-state index in [2.05, 4.69) is 10.3 Å². The molecule has 102 valence electrons. The van der Waals surface area contributed by atoms with E-state index in [-0.39, 0.29) is 17.5 Å². The van der Waals surface area contributed by atoms with Gasteiger partial charge in [-0.3, -0.25) is 4.79 Å². The van der Waals surface area contributed by atoms with E-state index in [4.69, 9.17) is 17.3 Å². The highest BCUT2D eigenvalue weighted by molar-refractivity contribution is 6.31. The van der Waals surface area contributed by atoms with Crippen molar-refractivity contribution < 1.29 is 4.79 Å². The Morgan fingerprint density at radius 2 is 2.20 bits per heavy atom. The van der Waals surface area contributed by atoms with Gasteiger partial charge in [0.05, 0.1) is 16.5 Å². The second kappa shape index (κ2) is 5.13. The number of pyridine rings is 1. The first-order chi connectivity index (χ1) is 9.66. The lowest BCUT2D eigenvalue weighted by atomic mass is 9.85. The van der Waals surface area contributed by atoms with Crippen molar-refractivity contribution in [1.29, 1.82) is 0 Å². The molecule has 0 saturated heterocycles. The molecule has 2 heterocycles. The van der Waals surface area contributed by atoms with Crippen LogP contribution in [0, 0.1) is 0 Å². The van der Waals surface area contributed by atoms with Crippen molar-refractivity contribution >= 4 is 28.9 Å². The van der Waals surface area contributed by atoms with Crippen molar-refractivity contribution in [3.8, 4) is 0 Å². The van der Waals surface area contributed by atoms with Crippen molar-refractivity contribution in [2.45, 2.75) is 12.3 Å². The van der Waals surface area contributed by atoms with Crippen LogP contribution in [0.2, 0.25) is 5.02 Å². The number of halogens is 1. The van der Waals surface area contributed by atoms with Crippen LogP contribution >= 0.6 is 11.6 Å². The third-order valence-electron chi connectivity index (χ3n) is 3.55. The number of nitrogens with zero attached hydrogens (tertiary/aromatic N) is 1. The SMILES string of the molecule is Nc1ncc(Cl)cc1C(=O)C1CCNc2ccccc21. The lowest BCUT2D eigenvalue weighted by Crippen LogP contribution is -2.23. The monoisotopic (exact) mass is 287 g/mol. The minimum atomic E-state index is -0.199. The van der Waals surface area contributed by atoms with Gasteiger partial charge < -0.3 is 11.1 Å². The van der Waals surface area contributed by atoms with Crippen LogP contribution in [0.3, 0.4) is 0 Å². The van der Waals surface area contributed by atoms with Gasteiger partial charge in [0.25, 0.3) is 0 Å². The molecule has 5 heteroatoms. The van der Waals surface area contributed by atoms with E-state index in [0.717, 1.165) is 24.2 Å². The molecule has 4 nitrogen and oxygen atoms in total. The zero-order valence-electron chi connectivity index (χ0n) is 10.8. The lowest BCUT2D eigenvalue weighted by Gasteiger charge is -2.25. The Labute approximate surface area is 122 Å². The third kappa shape index (κ3) is 2.23. The Bertz CT molecular complexity index is 672. The summed E-state index contributed by atoms with van der Waals surface area (Å²) < 4.78 is 0. The number of para-hydroxylation sites is 1. The maximum absolute atomic E-state index is 12.7. The number of anilines is 2. The zero-order chi connectivity index (χ0) is 14.1. The van der Waals surface area contributed by atoms with Crippen molar-refractivity contribution in [3.05, 3.63) is 52.7 Å². The second-order valence-electron chi connectivity index (χ2n) is 4.81. The van der Waals surface area contributed by atoms with E-state index >= 15 is 0 Å². The summed E-state index contributed by atoms with van der Waals surface area (Å²) in [7, 11) is 0. The van der Waals surface area contributed by atoms with Crippen molar-refractivity contribution in [1.82, 2.24) is 4.98 Å². The first-order valence-corrected chi connectivity index (χ1v) is 6.82. The van der Waals surface area contributed by atoms with Crippen LogP contribution in [-0.2, 0) is 0 Å². The van der Waals surface area contributed by atoms with E-state index in [1.165, 1.54) is 6.20 Å². The largest absolute Gasteiger partial charge is 0.385 e. The molecule has 0 radical (unpaired) electrons. The van der Waals surface area contributed by atoms with Gasteiger partial charge in [0, 0.05) is 18.4 Å². The number of rotatable bonds is 2. The summed E-state index contributed by atoms with van der Waals surface area (Å²) >= 11 is 5.92. The van der Waals surface area contributed by atoms with Crippen molar-refractivity contribution in [2.24, 2.45) is 0 Å². The fraction of sp³-hybridized carbons (Fsp3) is 0.200. The summed E-state index contributed by atoms with van der Waals surface area (Å²) in [5, 5.41) is 3.72. The minimum Gasteiger partial charge on any atom is -0.385 e. The van der Waals surface area contributed by atoms with E-state index in [9.17, 15) is 4.79 Å². The number of benzene rings is 1. The Balaban J connectivity index is 2.02. The number of carbonyl (C=O) groups is 1. The molecule has 0 spiro atoms. The summed E-state index contributed by atoms with van der Waals surface area (Å²) in [5.74, 6) is 0.0110. The number of hydrogen-bond donors (Lipinski definition) is 2. The van der Waals surface area contributed by atoms with Crippen LogP contribution in [0.4, 0.5) is 11.5 Å². The van der Waals surface area contributed by atoms with Crippen LogP contribution in [0.25, 0.3) is 0 Å². The van der Waals surface area contributed by atoms with E-state index in [1.807, 2.05) is 24.3 Å². The van der Waals surface area contributed by atoms with Gasteiger partial charge in [-0.25, -0.2) is 4.98 Å². The minimum absolute atomic E-state index is 0.0218. The fourth-order valence-corrected chi connectivity index (χ4v) is 2.73. The predicted octanol–water partition coefficient (Wildman–Crippen LogP) is 3.10. The highest BCUT2D eigenvalue weighted by atomic mass is 35.5. The normalized spacial score (nSPS) is 17.1. The maximum Gasteiger partial charge on any atom is 0.174 e. The molecule has 20 heavy (non-hydrogen) atoms. The number of nitrogen functional groups attached to an aromatic ring is 1. The molecule has 0 amide bonds. The summed E-state index contributed by atoms with van der Waals surface area (Å²) in [6.07, 6.45) is 2.19. The number of fused-ring (bicyclic) bond motifs is 1. The molecule has 1 aliphatic rings. The summed E-state index contributed by atoms with van der Waals surface area (Å²) in [5.41, 5.74) is 8.22. The molecule has 1 unspecified atom stereocenters. The van der Waals surface area contributed by atoms with Crippen molar-refractivity contribution in [2.75, 3.05) is 17.6 Å². The zero-order valence-corrected chi connectivity index (χ0v) is 11.5. The van der Waals surface area contributed by atoms with Crippen LogP contribution in [-0.4, -0.2) is 17.3 Å². The van der Waals surface area contributed by atoms with E-state index in [1.54, 1.807) is 6.07 Å². The van der Waals surface area contributed by atoms with Crippen LogP contribution in [0.5, 0.6) is 0 Å². The van der Waals surface area contributed by atoms with E-state index < -0.39 is 0 Å². The molecule has 1 atom stereocenters. The lowest BCUT2D eigenvalue weighted by molar-refractivity contribution is 0.0956. The average molecular weight is 288 g/mol. The van der Waals surface area contributed by atoms with Gasteiger partial charge >= 0.3 is 0 Å². The molecule has 1 aromatic heterocycles. The summed E-state index contributed by atoms with van der Waals surface area (Å²) in [4.78, 5) is 16.7. The number of nitrogens with two attached hydrogens (primary N) is 1. The molecule has 2 aromatic rings. The Morgan fingerprint density at radius 3 is 3.05 bits per heavy atom. The van der Waals surface area contributed by atoms with Gasteiger partial charge in [-0.15, -0.1) is 0 Å². The topological polar surface area (TPSA) is 68.0 Å². The highest BCUT2D eigenvalue weighted by Crippen LogP contribution is 2.34. The van der Waals surface area contributed by atoms with Gasteiger partial charge in [0.2, 0.25) is 0 Å². The third-order valence-corrected chi connectivity index (χ3v) is 3.76. The van der Waals surface area contributed by atoms with Crippen LogP contribution in [0.15, 0.2) is 36.5 Å². The average Bonchev–Trinajstić information content (AvgIpc) is 2.48. The summed E-state index contributed by atoms with van der Waals surface area (Å²) in [6.45, 7) is 0.765. The standard InChI is InChI=1S/C15H14ClN3O/c16-9-7-12(15(17)19-8-9)14(20)11-5-6-18-13-4-2-1-3-10(11)13/h1-4,7-8,11,18H,5-6H2,(H2,17,19). The number of carbonyl (C=O) groups excluding carboxylic acids is 1. The van der Waals surface area contributed by atoms with Gasteiger partial charge in [-0.2, -0.15) is 0 Å². The molecular weight excluding hydrogens is 274 g/mol. The van der Waals surface area contributed by atoms with Gasteiger partial charge in [0.15, 0.2) is 5.78 Å². The number of Topliss-reactive ketones (excluding diaryl/α,β-unsaturated/α-hetero) is 1. The van der Waals surface area contributed by atoms with Gasteiger partial charge in [-0.05, 0) is 24.1 Å². The number of ketones is 1. The maximum atomic E-state index is 12.7. The van der Waals surface area contributed by atoms with Crippen LogP contribution in [0.1, 0.15) is 28.3 Å². The molecule has 0 fully saturated rings. The number of hydrogen-bond acceptors (Lipinski definition) is 4. The van der Waals surface area contributed by atoms with Crippen LogP contribution < -0.4 is 11.1 Å². The number of nitrogens with one attached hydrogen (secondary N) is 1.